The lowest BCUT2D eigenvalue weighted by atomic mass is 9.76. The first-order chi connectivity index (χ1) is 22.8. The summed E-state index contributed by atoms with van der Waals surface area (Å²) in [5.74, 6) is 1.50. The minimum Gasteiger partial charge on any atom is -0.493 e. The number of benzene rings is 2. The standard InChI is InChI=1S/C36H47ClN6O4/c1-46-32-12-11-24(21-33(32)47-2)35-28-9-5-6-10-29(28)36(45)43(41-35)27-13-17-42(18-14-27)16-8-4-3-7-15-40-23-31(44)25-19-26(22-38)34(39)30(37)20-25/h5-6,11-12,19-21,27-29,31,40,44H,3-4,7-10,13-18,23,39H2,1-2H3/t28-,29+,31?/m0/s1. The van der Waals surface area contributed by atoms with Crippen LogP contribution in [0.4, 0.5) is 5.69 Å². The zero-order valence-corrected chi connectivity index (χ0v) is 28.2. The Balaban J connectivity index is 1.05. The number of nitriles is 1. The van der Waals surface area contributed by atoms with Crippen LogP contribution in [0.5, 0.6) is 11.5 Å². The maximum atomic E-state index is 13.7. The molecule has 10 nitrogen and oxygen atoms in total. The van der Waals surface area contributed by atoms with E-state index in [0.29, 0.717) is 23.6 Å². The van der Waals surface area contributed by atoms with Gasteiger partial charge in [-0.05, 0) is 87.5 Å². The summed E-state index contributed by atoms with van der Waals surface area (Å²) in [5.41, 5.74) is 8.86. The molecule has 4 N–H and O–H groups in total. The molecule has 0 saturated carbocycles. The van der Waals surface area contributed by atoms with Crippen LogP contribution in [0, 0.1) is 23.2 Å². The average Bonchev–Trinajstić information content (AvgIpc) is 3.10. The number of aliphatic hydroxyl groups is 1. The van der Waals surface area contributed by atoms with Crippen molar-refractivity contribution in [3.05, 3.63) is 64.2 Å². The van der Waals surface area contributed by atoms with E-state index >= 15 is 0 Å². The highest BCUT2D eigenvalue weighted by Crippen LogP contribution is 2.38. The van der Waals surface area contributed by atoms with Gasteiger partial charge in [-0.2, -0.15) is 10.4 Å². The van der Waals surface area contributed by atoms with Crippen molar-refractivity contribution in [2.45, 2.75) is 63.5 Å². The van der Waals surface area contributed by atoms with Crippen LogP contribution in [0.3, 0.4) is 0 Å². The van der Waals surface area contributed by atoms with E-state index < -0.39 is 6.10 Å². The number of unbranched alkanes of at least 4 members (excludes halogenated alkanes) is 3. The molecule has 1 saturated heterocycles. The van der Waals surface area contributed by atoms with Crippen LogP contribution in [-0.4, -0.2) is 79.6 Å². The average molecular weight is 663 g/mol. The molecule has 2 aliphatic heterocycles. The van der Waals surface area contributed by atoms with Gasteiger partial charge in [0.25, 0.3) is 0 Å². The number of hydrazone groups is 1. The number of hydrogen-bond donors (Lipinski definition) is 3. The number of carbonyl (C=O) groups excluding carboxylic acids is 1. The van der Waals surface area contributed by atoms with E-state index in [4.69, 9.17) is 31.9 Å². The number of nitrogens with zero attached hydrogens (tertiary/aromatic N) is 4. The van der Waals surface area contributed by atoms with Crippen molar-refractivity contribution in [3.63, 3.8) is 0 Å². The number of methoxy groups -OCH3 is 2. The van der Waals surface area contributed by atoms with Crippen molar-refractivity contribution in [1.82, 2.24) is 15.2 Å². The zero-order chi connectivity index (χ0) is 33.3. The van der Waals surface area contributed by atoms with Gasteiger partial charge in [0.05, 0.1) is 54.3 Å². The van der Waals surface area contributed by atoms with Crippen molar-refractivity contribution in [3.8, 4) is 17.6 Å². The number of aliphatic hydroxyl groups excluding tert-OH is 1. The Bertz CT molecular complexity index is 1500. The van der Waals surface area contributed by atoms with Gasteiger partial charge < -0.3 is 30.5 Å². The monoisotopic (exact) mass is 662 g/mol. The van der Waals surface area contributed by atoms with Crippen LogP contribution in [0.25, 0.3) is 0 Å². The number of carbonyl (C=O) groups is 1. The fourth-order valence-electron chi connectivity index (χ4n) is 6.93. The molecule has 1 fully saturated rings. The van der Waals surface area contributed by atoms with E-state index in [1.165, 1.54) is 0 Å². The Hall–Kier alpha value is -3.62. The second kappa shape index (κ2) is 16.5. The second-order valence-corrected chi connectivity index (χ2v) is 13.1. The molecule has 0 spiro atoms. The summed E-state index contributed by atoms with van der Waals surface area (Å²) in [6.07, 6.45) is 11.4. The molecule has 2 heterocycles. The molecule has 1 aliphatic carbocycles. The highest BCUT2D eigenvalue weighted by atomic mass is 35.5. The fraction of sp³-hybridized carbons (Fsp3) is 0.528. The first-order valence-electron chi connectivity index (χ1n) is 16.7. The van der Waals surface area contributed by atoms with Crippen molar-refractivity contribution in [2.24, 2.45) is 16.9 Å². The largest absolute Gasteiger partial charge is 0.493 e. The fourth-order valence-corrected chi connectivity index (χ4v) is 7.16. The molecule has 5 rings (SSSR count). The van der Waals surface area contributed by atoms with Crippen LogP contribution in [0.1, 0.15) is 74.2 Å². The summed E-state index contributed by atoms with van der Waals surface area (Å²) in [6, 6.07) is 11.3. The van der Waals surface area contributed by atoms with Crippen LogP contribution >= 0.6 is 11.6 Å². The molecule has 3 atom stereocenters. The van der Waals surface area contributed by atoms with Crippen molar-refractivity contribution in [2.75, 3.05) is 52.7 Å². The number of hydrogen-bond acceptors (Lipinski definition) is 9. The van der Waals surface area contributed by atoms with Gasteiger partial charge in [0.1, 0.15) is 6.07 Å². The highest BCUT2D eigenvalue weighted by molar-refractivity contribution is 6.33. The number of nitrogen functional groups attached to an aromatic ring is 1. The van der Waals surface area contributed by atoms with Crippen molar-refractivity contribution < 1.29 is 19.4 Å². The summed E-state index contributed by atoms with van der Waals surface area (Å²) in [5, 5.41) is 30.2. The molecule has 2 aromatic rings. The zero-order valence-electron chi connectivity index (χ0n) is 27.5. The number of ether oxygens (including phenoxy) is 2. The lowest BCUT2D eigenvalue weighted by Crippen LogP contribution is -2.52. The lowest BCUT2D eigenvalue weighted by Gasteiger charge is -2.42. The molecular weight excluding hydrogens is 616 g/mol. The Kier molecular flexibility index (Phi) is 12.2. The third-order valence-electron chi connectivity index (χ3n) is 9.70. The minimum absolute atomic E-state index is 0.0719. The first-order valence-corrected chi connectivity index (χ1v) is 17.1. The maximum Gasteiger partial charge on any atom is 0.247 e. The predicted octanol–water partition coefficient (Wildman–Crippen LogP) is 5.29. The molecule has 2 aromatic carbocycles. The SMILES string of the molecule is COc1ccc(C2=NN(C3CCN(CCCCCCNCC(O)c4cc(Cl)c(N)c(C#N)c4)CC3)C(=O)[C@@H]3CC=CC[C@H]23)cc1OC. The number of anilines is 1. The van der Waals surface area contributed by atoms with Gasteiger partial charge in [-0.15, -0.1) is 0 Å². The quantitative estimate of drug-likeness (QED) is 0.141. The lowest BCUT2D eigenvalue weighted by molar-refractivity contribution is -0.141. The molecule has 0 aromatic heterocycles. The minimum atomic E-state index is -0.757. The number of amides is 1. The second-order valence-electron chi connectivity index (χ2n) is 12.7. The van der Waals surface area contributed by atoms with Crippen LogP contribution < -0.4 is 20.5 Å². The van der Waals surface area contributed by atoms with Gasteiger partial charge in [-0.25, -0.2) is 5.01 Å². The predicted molar refractivity (Wildman–Crippen MR) is 185 cm³/mol. The Morgan fingerprint density at radius 2 is 1.79 bits per heavy atom. The molecule has 47 heavy (non-hydrogen) atoms. The van der Waals surface area contributed by atoms with Gasteiger partial charge >= 0.3 is 0 Å². The summed E-state index contributed by atoms with van der Waals surface area (Å²) in [6.45, 7) is 4.18. The van der Waals surface area contributed by atoms with Gasteiger partial charge in [0.15, 0.2) is 11.5 Å². The van der Waals surface area contributed by atoms with E-state index in [1.807, 2.05) is 29.3 Å². The van der Waals surface area contributed by atoms with Crippen LogP contribution in [-0.2, 0) is 4.79 Å². The number of halogens is 1. The molecule has 1 unspecified atom stereocenters. The molecule has 0 bridgehead atoms. The van der Waals surface area contributed by atoms with Gasteiger partial charge in [-0.3, -0.25) is 4.79 Å². The molecule has 1 amide bonds. The van der Waals surface area contributed by atoms with Crippen LogP contribution in [0.2, 0.25) is 5.02 Å². The topological polar surface area (TPSA) is 136 Å². The van der Waals surface area contributed by atoms with Crippen LogP contribution in [0.15, 0.2) is 47.6 Å². The molecule has 3 aliphatic rings. The third kappa shape index (κ3) is 8.28. The molecule has 0 radical (unpaired) electrons. The van der Waals surface area contributed by atoms with Gasteiger partial charge in [0.2, 0.25) is 5.91 Å². The number of allylic oxidation sites excluding steroid dienone is 2. The Labute approximate surface area is 283 Å². The number of nitrogens with two attached hydrogens (primary N) is 1. The first kappa shape index (κ1) is 34.7. The highest BCUT2D eigenvalue weighted by Gasteiger charge is 2.42. The van der Waals surface area contributed by atoms with Gasteiger partial charge in [-0.1, -0.05) is 36.6 Å². The summed E-state index contributed by atoms with van der Waals surface area (Å²) < 4.78 is 11.0. The maximum absolute atomic E-state index is 13.7. The molecule has 252 valence electrons. The Morgan fingerprint density at radius 3 is 2.51 bits per heavy atom. The number of nitrogens with one attached hydrogen (secondary N) is 1. The van der Waals surface area contributed by atoms with Crippen molar-refractivity contribution in [1.29, 1.82) is 5.26 Å². The van der Waals surface area contributed by atoms with E-state index in [2.05, 4.69) is 22.4 Å². The van der Waals surface area contributed by atoms with Gasteiger partial charge in [0, 0.05) is 31.1 Å². The van der Waals surface area contributed by atoms with E-state index in [9.17, 15) is 15.2 Å². The third-order valence-corrected chi connectivity index (χ3v) is 10.0. The van der Waals surface area contributed by atoms with E-state index in [0.717, 1.165) is 88.8 Å². The Morgan fingerprint density at radius 1 is 1.06 bits per heavy atom. The summed E-state index contributed by atoms with van der Waals surface area (Å²) in [7, 11) is 3.27. The smallest absolute Gasteiger partial charge is 0.247 e. The van der Waals surface area contributed by atoms with E-state index in [1.54, 1.807) is 26.4 Å². The number of fused-ring (bicyclic) bond motifs is 1. The normalized spacial score (nSPS) is 20.8. The number of likely N-dealkylation sites (tertiary alicyclic amines) is 1. The molecule has 11 heteroatoms. The van der Waals surface area contributed by atoms with E-state index in [-0.39, 0.29) is 40.1 Å². The molecular formula is C36H47ClN6O4. The summed E-state index contributed by atoms with van der Waals surface area (Å²) in [4.78, 5) is 16.2. The number of rotatable bonds is 14. The summed E-state index contributed by atoms with van der Waals surface area (Å²) >= 11 is 6.10. The number of piperidine rings is 1. The van der Waals surface area contributed by atoms with Crippen molar-refractivity contribution >= 4 is 28.9 Å².